The first-order valence-corrected chi connectivity index (χ1v) is 6.40. The third kappa shape index (κ3) is 3.88. The fraction of sp³-hybridized carbons (Fsp3) is 0.267. The van der Waals surface area contributed by atoms with Crippen LogP contribution in [-0.2, 0) is 6.42 Å². The topological polar surface area (TPSA) is 54.9 Å². The summed E-state index contributed by atoms with van der Waals surface area (Å²) in [6, 6.07) is 10.2. The predicted molar refractivity (Wildman–Crippen MR) is 73.7 cm³/mol. The molecular weight excluding hydrogens is 238 g/mol. The number of hydrogen-bond acceptors (Lipinski definition) is 3. The highest BCUT2D eigenvalue weighted by Crippen LogP contribution is 2.06. The minimum Gasteiger partial charge on any atom is -0.348 e. The predicted octanol–water partition coefficient (Wildman–Crippen LogP) is 2.23. The first-order valence-electron chi connectivity index (χ1n) is 6.40. The largest absolute Gasteiger partial charge is 0.348 e. The number of carbonyl (C=O) groups is 1. The van der Waals surface area contributed by atoms with Gasteiger partial charge in [0.05, 0.1) is 6.20 Å². The molecule has 1 aromatic carbocycles. The van der Waals surface area contributed by atoms with Gasteiger partial charge in [-0.2, -0.15) is 0 Å². The lowest BCUT2D eigenvalue weighted by molar-refractivity contribution is 0.0930. The Kier molecular flexibility index (Phi) is 4.61. The van der Waals surface area contributed by atoms with Gasteiger partial charge in [0.1, 0.15) is 5.69 Å². The molecule has 0 bridgehead atoms. The van der Waals surface area contributed by atoms with E-state index in [1.165, 1.54) is 18.0 Å². The van der Waals surface area contributed by atoms with Crippen LogP contribution in [0.4, 0.5) is 0 Å². The van der Waals surface area contributed by atoms with Gasteiger partial charge in [0, 0.05) is 18.4 Å². The fourth-order valence-corrected chi connectivity index (χ4v) is 1.87. The summed E-state index contributed by atoms with van der Waals surface area (Å²) in [5.41, 5.74) is 1.57. The lowest BCUT2D eigenvalue weighted by atomic mass is 10.0. The molecule has 0 fully saturated rings. The first kappa shape index (κ1) is 13.2. The van der Waals surface area contributed by atoms with E-state index in [1.807, 2.05) is 18.2 Å². The molecule has 4 heteroatoms. The number of amides is 1. The second-order valence-corrected chi connectivity index (χ2v) is 4.36. The SMILES string of the molecule is CCC(Cc1ccccc1)NC(=O)c1cnccn1. The summed E-state index contributed by atoms with van der Waals surface area (Å²) in [6.45, 7) is 2.06. The van der Waals surface area contributed by atoms with Crippen molar-refractivity contribution in [2.45, 2.75) is 25.8 Å². The maximum absolute atomic E-state index is 12.0. The van der Waals surface area contributed by atoms with Crippen LogP contribution in [0.15, 0.2) is 48.9 Å². The first-order chi connectivity index (χ1) is 9.29. The monoisotopic (exact) mass is 255 g/mol. The standard InChI is InChI=1S/C15H17N3O/c1-2-13(10-12-6-4-3-5-7-12)18-15(19)14-11-16-8-9-17-14/h3-9,11,13H,2,10H2,1H3,(H,18,19). The minimum atomic E-state index is -0.170. The number of hydrogen-bond donors (Lipinski definition) is 1. The van der Waals surface area contributed by atoms with E-state index in [-0.39, 0.29) is 11.9 Å². The van der Waals surface area contributed by atoms with Crippen LogP contribution in [0.25, 0.3) is 0 Å². The summed E-state index contributed by atoms with van der Waals surface area (Å²) in [6.07, 6.45) is 6.25. The molecule has 1 amide bonds. The highest BCUT2D eigenvalue weighted by atomic mass is 16.1. The van der Waals surface area contributed by atoms with Gasteiger partial charge in [0.25, 0.3) is 5.91 Å². The Labute approximate surface area is 112 Å². The molecule has 1 N–H and O–H groups in total. The summed E-state index contributed by atoms with van der Waals surface area (Å²) in [5.74, 6) is -0.170. The zero-order chi connectivity index (χ0) is 13.5. The smallest absolute Gasteiger partial charge is 0.271 e. The van der Waals surface area contributed by atoms with E-state index in [0.29, 0.717) is 5.69 Å². The molecule has 1 aromatic heterocycles. The summed E-state index contributed by atoms with van der Waals surface area (Å²) < 4.78 is 0. The average molecular weight is 255 g/mol. The molecule has 0 spiro atoms. The van der Waals surface area contributed by atoms with Gasteiger partial charge in [-0.1, -0.05) is 37.3 Å². The van der Waals surface area contributed by atoms with Crippen LogP contribution >= 0.6 is 0 Å². The van der Waals surface area contributed by atoms with Gasteiger partial charge in [0.15, 0.2) is 0 Å². The maximum atomic E-state index is 12.0. The number of carbonyl (C=O) groups excluding carboxylic acids is 1. The Morgan fingerprint density at radius 1 is 1.26 bits per heavy atom. The lowest BCUT2D eigenvalue weighted by Gasteiger charge is -2.16. The van der Waals surface area contributed by atoms with Crippen LogP contribution < -0.4 is 5.32 Å². The van der Waals surface area contributed by atoms with Crippen molar-refractivity contribution >= 4 is 5.91 Å². The van der Waals surface area contributed by atoms with Gasteiger partial charge in [-0.15, -0.1) is 0 Å². The molecule has 1 atom stereocenters. The van der Waals surface area contributed by atoms with Crippen molar-refractivity contribution in [1.82, 2.24) is 15.3 Å². The van der Waals surface area contributed by atoms with Gasteiger partial charge >= 0.3 is 0 Å². The molecule has 0 aliphatic rings. The van der Waals surface area contributed by atoms with Gasteiger partial charge in [-0.05, 0) is 18.4 Å². The van der Waals surface area contributed by atoms with Crippen LogP contribution in [0.3, 0.4) is 0 Å². The molecule has 0 saturated heterocycles. The third-order valence-electron chi connectivity index (χ3n) is 2.95. The Balaban J connectivity index is 1.98. The molecule has 0 saturated carbocycles. The van der Waals surface area contributed by atoms with Gasteiger partial charge < -0.3 is 5.32 Å². The Morgan fingerprint density at radius 3 is 2.68 bits per heavy atom. The maximum Gasteiger partial charge on any atom is 0.271 e. The van der Waals surface area contributed by atoms with Gasteiger partial charge in [-0.25, -0.2) is 4.98 Å². The second kappa shape index (κ2) is 6.64. The highest BCUT2D eigenvalue weighted by molar-refractivity contribution is 5.92. The number of benzene rings is 1. The fourth-order valence-electron chi connectivity index (χ4n) is 1.87. The van der Waals surface area contributed by atoms with E-state index < -0.39 is 0 Å². The molecular formula is C15H17N3O. The van der Waals surface area contributed by atoms with E-state index in [9.17, 15) is 4.79 Å². The van der Waals surface area contributed by atoms with E-state index in [4.69, 9.17) is 0 Å². The van der Waals surface area contributed by atoms with Crippen LogP contribution in [0.2, 0.25) is 0 Å². The Hall–Kier alpha value is -2.23. The molecule has 0 radical (unpaired) electrons. The normalized spacial score (nSPS) is 11.8. The molecule has 1 unspecified atom stereocenters. The molecule has 2 aromatic rings. The quantitative estimate of drug-likeness (QED) is 0.891. The van der Waals surface area contributed by atoms with Crippen LogP contribution in [-0.4, -0.2) is 21.9 Å². The zero-order valence-electron chi connectivity index (χ0n) is 10.9. The van der Waals surface area contributed by atoms with Crippen molar-refractivity contribution in [1.29, 1.82) is 0 Å². The summed E-state index contributed by atoms with van der Waals surface area (Å²) >= 11 is 0. The molecule has 98 valence electrons. The van der Waals surface area contributed by atoms with Crippen LogP contribution in [0.1, 0.15) is 29.4 Å². The number of nitrogens with zero attached hydrogens (tertiary/aromatic N) is 2. The molecule has 2 rings (SSSR count). The average Bonchev–Trinajstić information content (AvgIpc) is 2.48. The molecule has 1 heterocycles. The molecule has 0 aliphatic heterocycles. The van der Waals surface area contributed by atoms with E-state index in [2.05, 4.69) is 34.3 Å². The zero-order valence-corrected chi connectivity index (χ0v) is 10.9. The van der Waals surface area contributed by atoms with Crippen molar-refractivity contribution in [3.8, 4) is 0 Å². The summed E-state index contributed by atoms with van der Waals surface area (Å²) in [4.78, 5) is 19.9. The number of rotatable bonds is 5. The van der Waals surface area contributed by atoms with E-state index in [1.54, 1.807) is 6.20 Å². The van der Waals surface area contributed by atoms with Crippen LogP contribution in [0.5, 0.6) is 0 Å². The van der Waals surface area contributed by atoms with Crippen molar-refractivity contribution in [3.05, 3.63) is 60.2 Å². The van der Waals surface area contributed by atoms with E-state index in [0.717, 1.165) is 12.8 Å². The van der Waals surface area contributed by atoms with E-state index >= 15 is 0 Å². The molecule has 0 aliphatic carbocycles. The van der Waals surface area contributed by atoms with Crippen molar-refractivity contribution in [2.75, 3.05) is 0 Å². The lowest BCUT2D eigenvalue weighted by Crippen LogP contribution is -2.36. The highest BCUT2D eigenvalue weighted by Gasteiger charge is 2.13. The van der Waals surface area contributed by atoms with Crippen molar-refractivity contribution in [2.24, 2.45) is 0 Å². The summed E-state index contributed by atoms with van der Waals surface area (Å²) in [5, 5.41) is 2.99. The van der Waals surface area contributed by atoms with Crippen LogP contribution in [0, 0.1) is 0 Å². The third-order valence-corrected chi connectivity index (χ3v) is 2.95. The molecule has 4 nitrogen and oxygen atoms in total. The molecule has 19 heavy (non-hydrogen) atoms. The minimum absolute atomic E-state index is 0.108. The number of nitrogens with one attached hydrogen (secondary N) is 1. The summed E-state index contributed by atoms with van der Waals surface area (Å²) in [7, 11) is 0. The van der Waals surface area contributed by atoms with Gasteiger partial charge in [-0.3, -0.25) is 9.78 Å². The van der Waals surface area contributed by atoms with Crippen molar-refractivity contribution < 1.29 is 4.79 Å². The number of aromatic nitrogens is 2. The second-order valence-electron chi connectivity index (χ2n) is 4.36. The Morgan fingerprint density at radius 2 is 2.05 bits per heavy atom. The van der Waals surface area contributed by atoms with Gasteiger partial charge in [0.2, 0.25) is 0 Å². The van der Waals surface area contributed by atoms with Crippen molar-refractivity contribution in [3.63, 3.8) is 0 Å². The Bertz CT molecular complexity index is 513.